The molecule has 26 heavy (non-hydrogen) atoms. The van der Waals surface area contributed by atoms with E-state index in [0.29, 0.717) is 0 Å². The summed E-state index contributed by atoms with van der Waals surface area (Å²) in [5.41, 5.74) is 0. The van der Waals surface area contributed by atoms with Gasteiger partial charge in [-0.15, -0.1) is 0 Å². The number of carbonyl (C=O) groups is 2. The summed E-state index contributed by atoms with van der Waals surface area (Å²) in [6.45, 7) is 2.22. The fourth-order valence-corrected chi connectivity index (χ4v) is 3.47. The van der Waals surface area contributed by atoms with Crippen LogP contribution in [0.25, 0.3) is 0 Å². The van der Waals surface area contributed by atoms with Crippen molar-refractivity contribution >= 4 is 11.9 Å². The second kappa shape index (κ2) is 18.7. The normalized spacial score (nSPS) is 12.2. The summed E-state index contributed by atoms with van der Waals surface area (Å²) in [5, 5.41) is 17.9. The second-order valence-corrected chi connectivity index (χ2v) is 7.71. The van der Waals surface area contributed by atoms with Crippen molar-refractivity contribution < 1.29 is 19.8 Å². The Bertz CT molecular complexity index is 341. The maximum Gasteiger partial charge on any atom is 0.306 e. The first kappa shape index (κ1) is 24.9. The zero-order chi connectivity index (χ0) is 19.5. The van der Waals surface area contributed by atoms with E-state index < -0.39 is 11.9 Å². The number of carboxylic acids is 2. The zero-order valence-electron chi connectivity index (χ0n) is 17.0. The van der Waals surface area contributed by atoms with E-state index in [1.165, 1.54) is 57.8 Å². The van der Waals surface area contributed by atoms with Crippen molar-refractivity contribution in [1.82, 2.24) is 0 Å². The molecule has 4 nitrogen and oxygen atoms in total. The molecule has 0 radical (unpaired) electrons. The van der Waals surface area contributed by atoms with Crippen LogP contribution in [0.2, 0.25) is 0 Å². The quantitative estimate of drug-likeness (QED) is 0.231. The Kier molecular flexibility index (Phi) is 18.0. The van der Waals surface area contributed by atoms with E-state index in [-0.39, 0.29) is 12.3 Å². The van der Waals surface area contributed by atoms with Crippen LogP contribution >= 0.6 is 0 Å². The number of hydrogen-bond donors (Lipinski definition) is 2. The van der Waals surface area contributed by atoms with E-state index in [9.17, 15) is 14.7 Å². The van der Waals surface area contributed by atoms with Gasteiger partial charge >= 0.3 is 11.9 Å². The van der Waals surface area contributed by atoms with Crippen LogP contribution in [0.15, 0.2) is 0 Å². The molecule has 1 atom stereocenters. The van der Waals surface area contributed by atoms with Gasteiger partial charge < -0.3 is 10.2 Å². The summed E-state index contributed by atoms with van der Waals surface area (Å²) in [7, 11) is 0. The van der Waals surface area contributed by atoms with Crippen LogP contribution in [-0.2, 0) is 9.59 Å². The molecule has 0 bridgehead atoms. The lowest BCUT2D eigenvalue weighted by molar-refractivity contribution is -0.142. The first-order chi connectivity index (χ1) is 12.6. The first-order valence-electron chi connectivity index (χ1n) is 11.0. The van der Waals surface area contributed by atoms with Gasteiger partial charge in [0, 0.05) is 6.42 Å². The van der Waals surface area contributed by atoms with Gasteiger partial charge in [-0.25, -0.2) is 0 Å². The van der Waals surface area contributed by atoms with Gasteiger partial charge in [-0.1, -0.05) is 96.8 Å². The topological polar surface area (TPSA) is 74.6 Å². The molecule has 0 aliphatic heterocycles. The van der Waals surface area contributed by atoms with E-state index in [1.807, 2.05) is 0 Å². The highest BCUT2D eigenvalue weighted by molar-refractivity contribution is 5.69. The summed E-state index contributed by atoms with van der Waals surface area (Å²) in [5.74, 6) is -1.47. The van der Waals surface area contributed by atoms with Crippen molar-refractivity contribution in [3.05, 3.63) is 0 Å². The summed E-state index contributed by atoms with van der Waals surface area (Å²) in [6, 6.07) is 0. The van der Waals surface area contributed by atoms with E-state index in [2.05, 4.69) is 6.92 Å². The molecule has 2 N–H and O–H groups in total. The standard InChI is InChI=1S/C22H42O4/c1-2-3-4-5-8-11-14-17-20(22(25)26)18-15-12-9-6-7-10-13-16-19-21(23)24/h20H,2-19H2,1H3,(H,23,24)(H,25,26). The Hall–Kier alpha value is -1.06. The monoisotopic (exact) mass is 370 g/mol. The third-order valence-corrected chi connectivity index (χ3v) is 5.20. The largest absolute Gasteiger partial charge is 0.481 e. The minimum absolute atomic E-state index is 0.151. The molecule has 0 spiro atoms. The fraction of sp³-hybridized carbons (Fsp3) is 0.909. The van der Waals surface area contributed by atoms with Gasteiger partial charge in [-0.05, 0) is 19.3 Å². The highest BCUT2D eigenvalue weighted by Gasteiger charge is 2.16. The average Bonchev–Trinajstić information content (AvgIpc) is 2.60. The highest BCUT2D eigenvalue weighted by atomic mass is 16.4. The molecule has 0 fully saturated rings. The minimum Gasteiger partial charge on any atom is -0.481 e. The third-order valence-electron chi connectivity index (χ3n) is 5.20. The van der Waals surface area contributed by atoms with Crippen LogP contribution in [0, 0.1) is 5.92 Å². The van der Waals surface area contributed by atoms with Gasteiger partial charge in [-0.2, -0.15) is 0 Å². The predicted molar refractivity (Wildman–Crippen MR) is 108 cm³/mol. The molecule has 0 aromatic heterocycles. The number of unbranched alkanes of at least 4 members (excludes halogenated alkanes) is 13. The molecule has 0 heterocycles. The molecule has 154 valence electrons. The van der Waals surface area contributed by atoms with Gasteiger partial charge in [-0.3, -0.25) is 9.59 Å². The molecular weight excluding hydrogens is 328 g/mol. The lowest BCUT2D eigenvalue weighted by Crippen LogP contribution is -2.13. The fourth-order valence-electron chi connectivity index (χ4n) is 3.47. The summed E-state index contributed by atoms with van der Waals surface area (Å²) >= 11 is 0. The number of rotatable bonds is 20. The van der Waals surface area contributed by atoms with Crippen LogP contribution in [-0.4, -0.2) is 22.2 Å². The van der Waals surface area contributed by atoms with Crippen molar-refractivity contribution in [1.29, 1.82) is 0 Å². The van der Waals surface area contributed by atoms with Crippen molar-refractivity contribution in [2.24, 2.45) is 5.92 Å². The Balaban J connectivity index is 3.48. The van der Waals surface area contributed by atoms with Crippen LogP contribution in [0.1, 0.15) is 122 Å². The maximum atomic E-state index is 11.4. The van der Waals surface area contributed by atoms with Crippen LogP contribution in [0.3, 0.4) is 0 Å². The molecule has 0 saturated heterocycles. The molecule has 0 aliphatic rings. The van der Waals surface area contributed by atoms with Crippen molar-refractivity contribution in [2.75, 3.05) is 0 Å². The van der Waals surface area contributed by atoms with Gasteiger partial charge in [0.1, 0.15) is 0 Å². The molecule has 4 heteroatoms. The van der Waals surface area contributed by atoms with Crippen LogP contribution in [0.4, 0.5) is 0 Å². The van der Waals surface area contributed by atoms with Crippen molar-refractivity contribution in [3.8, 4) is 0 Å². The van der Waals surface area contributed by atoms with Gasteiger partial charge in [0.25, 0.3) is 0 Å². The van der Waals surface area contributed by atoms with Crippen molar-refractivity contribution in [3.63, 3.8) is 0 Å². The molecule has 0 saturated carbocycles. The van der Waals surface area contributed by atoms with Crippen LogP contribution in [0.5, 0.6) is 0 Å². The van der Waals surface area contributed by atoms with Crippen LogP contribution < -0.4 is 0 Å². The smallest absolute Gasteiger partial charge is 0.306 e. The van der Waals surface area contributed by atoms with Gasteiger partial charge in [0.2, 0.25) is 0 Å². The van der Waals surface area contributed by atoms with Crippen molar-refractivity contribution in [2.45, 2.75) is 122 Å². The molecule has 0 amide bonds. The Morgan fingerprint density at radius 2 is 1.00 bits per heavy atom. The van der Waals surface area contributed by atoms with E-state index in [4.69, 9.17) is 5.11 Å². The summed E-state index contributed by atoms with van der Waals surface area (Å²) in [4.78, 5) is 21.8. The SMILES string of the molecule is CCCCCCCCCC(CCCCCCCCCCC(=O)O)C(=O)O. The number of hydrogen-bond acceptors (Lipinski definition) is 2. The Morgan fingerprint density at radius 3 is 1.38 bits per heavy atom. The molecule has 0 aliphatic carbocycles. The number of aliphatic carboxylic acids is 2. The lowest BCUT2D eigenvalue weighted by atomic mass is 9.94. The molecular formula is C22H42O4. The van der Waals surface area contributed by atoms with E-state index in [1.54, 1.807) is 0 Å². The second-order valence-electron chi connectivity index (χ2n) is 7.71. The number of carboxylic acid groups (broad SMARTS) is 2. The molecule has 0 aromatic carbocycles. The lowest BCUT2D eigenvalue weighted by Gasteiger charge is -2.12. The third kappa shape index (κ3) is 17.8. The Morgan fingerprint density at radius 1 is 0.615 bits per heavy atom. The summed E-state index contributed by atoms with van der Waals surface area (Å²) < 4.78 is 0. The predicted octanol–water partition coefficient (Wildman–Crippen LogP) is 6.81. The Labute approximate surface area is 160 Å². The molecule has 0 aromatic rings. The van der Waals surface area contributed by atoms with E-state index >= 15 is 0 Å². The maximum absolute atomic E-state index is 11.4. The van der Waals surface area contributed by atoms with Gasteiger partial charge in [0.15, 0.2) is 0 Å². The van der Waals surface area contributed by atoms with E-state index in [0.717, 1.165) is 51.4 Å². The molecule has 0 rings (SSSR count). The highest BCUT2D eigenvalue weighted by Crippen LogP contribution is 2.20. The average molecular weight is 371 g/mol. The zero-order valence-corrected chi connectivity index (χ0v) is 17.0. The minimum atomic E-state index is -0.700. The summed E-state index contributed by atoms with van der Waals surface area (Å²) in [6.07, 6.45) is 19.2. The van der Waals surface area contributed by atoms with Gasteiger partial charge in [0.05, 0.1) is 5.92 Å². The molecule has 1 unspecified atom stereocenters. The first-order valence-corrected chi connectivity index (χ1v) is 11.0.